The average molecular weight is 453 g/mol. The Kier molecular flexibility index (Phi) is 10.1. The molecule has 0 aliphatic carbocycles. The number of rotatable bonds is 10. The van der Waals surface area contributed by atoms with Crippen LogP contribution >= 0.6 is 0 Å². The number of carboxylic acid groups (broad SMARTS) is 1. The zero-order valence-corrected chi connectivity index (χ0v) is 19.9. The second kappa shape index (κ2) is 11.8. The highest BCUT2D eigenvalue weighted by Gasteiger charge is 2.34. The number of nitrogens with one attached hydrogen (secondary N) is 2. The fraction of sp³-hybridized carbons (Fsp3) is 0.609. The first kappa shape index (κ1) is 27.4. The van der Waals surface area contributed by atoms with Crippen LogP contribution in [0.1, 0.15) is 54.0 Å². The van der Waals surface area contributed by atoms with Crippen molar-refractivity contribution in [3.63, 3.8) is 0 Å². The zero-order valence-electron chi connectivity index (χ0n) is 19.9. The third kappa shape index (κ3) is 11.1. The molecule has 0 radical (unpaired) electrons. The Morgan fingerprint density at radius 1 is 0.969 bits per heavy atom. The number of ether oxygens (including phenoxy) is 3. The van der Waals surface area contributed by atoms with E-state index in [0.29, 0.717) is 0 Å². The Bertz CT molecular complexity index is 754. The predicted molar refractivity (Wildman–Crippen MR) is 119 cm³/mol. The van der Waals surface area contributed by atoms with Gasteiger partial charge in [-0.15, -0.1) is 0 Å². The van der Waals surface area contributed by atoms with Gasteiger partial charge in [0.25, 0.3) is 0 Å². The van der Waals surface area contributed by atoms with Crippen LogP contribution in [-0.2, 0) is 30.4 Å². The van der Waals surface area contributed by atoms with Crippen molar-refractivity contribution in [2.45, 2.75) is 84.5 Å². The van der Waals surface area contributed by atoms with Gasteiger partial charge in [0.2, 0.25) is 5.91 Å². The lowest BCUT2D eigenvalue weighted by atomic mass is 10.1. The van der Waals surface area contributed by atoms with E-state index in [9.17, 15) is 19.5 Å². The SMILES string of the molecule is C[C@@H](OC(C)(C)C)[C@H](NC(=O)OCc1ccccc1)C(=O)N[C@H](COC(C)(C)C)C(=O)O. The van der Waals surface area contributed by atoms with E-state index in [1.807, 2.05) is 39.0 Å². The van der Waals surface area contributed by atoms with Crippen molar-refractivity contribution in [1.29, 1.82) is 0 Å². The normalized spacial score (nSPS) is 14.7. The van der Waals surface area contributed by atoms with Crippen molar-refractivity contribution >= 4 is 18.0 Å². The van der Waals surface area contributed by atoms with Gasteiger partial charge in [-0.25, -0.2) is 9.59 Å². The van der Waals surface area contributed by atoms with Crippen LogP contribution in [0.2, 0.25) is 0 Å². The van der Waals surface area contributed by atoms with Gasteiger partial charge in [-0.2, -0.15) is 0 Å². The van der Waals surface area contributed by atoms with E-state index in [2.05, 4.69) is 10.6 Å². The number of aliphatic carboxylic acids is 1. The van der Waals surface area contributed by atoms with Crippen LogP contribution in [-0.4, -0.2) is 59.1 Å². The quantitative estimate of drug-likeness (QED) is 0.499. The van der Waals surface area contributed by atoms with E-state index in [0.717, 1.165) is 5.56 Å². The predicted octanol–water partition coefficient (Wildman–Crippen LogP) is 2.87. The summed E-state index contributed by atoms with van der Waals surface area (Å²) in [6.45, 7) is 12.2. The summed E-state index contributed by atoms with van der Waals surface area (Å²) in [6, 6.07) is 6.60. The molecule has 1 aromatic rings. The van der Waals surface area contributed by atoms with Gasteiger partial charge in [0, 0.05) is 0 Å². The van der Waals surface area contributed by atoms with Crippen molar-refractivity contribution in [1.82, 2.24) is 10.6 Å². The summed E-state index contributed by atoms with van der Waals surface area (Å²) in [5, 5.41) is 14.4. The summed E-state index contributed by atoms with van der Waals surface area (Å²) in [7, 11) is 0. The first-order chi connectivity index (χ1) is 14.7. The fourth-order valence-electron chi connectivity index (χ4n) is 2.68. The van der Waals surface area contributed by atoms with E-state index in [-0.39, 0.29) is 13.2 Å². The fourth-order valence-corrected chi connectivity index (χ4v) is 2.68. The standard InChI is InChI=1S/C23H36N2O7/c1-15(32-23(5,6)7)18(25-21(29)30-13-16-11-9-8-10-12-16)19(26)24-17(20(27)28)14-31-22(2,3)4/h8-12,15,17-18H,13-14H2,1-7H3,(H,24,26)(H,25,29)(H,27,28)/t15-,17-,18+/m1/s1. The van der Waals surface area contributed by atoms with Crippen LogP contribution in [0, 0.1) is 0 Å². The van der Waals surface area contributed by atoms with Crippen LogP contribution in [0.15, 0.2) is 30.3 Å². The van der Waals surface area contributed by atoms with Crippen LogP contribution in [0.25, 0.3) is 0 Å². The van der Waals surface area contributed by atoms with E-state index in [1.54, 1.807) is 39.8 Å². The number of hydrogen-bond donors (Lipinski definition) is 3. The molecule has 0 unspecified atom stereocenters. The van der Waals surface area contributed by atoms with Crippen molar-refractivity contribution < 1.29 is 33.7 Å². The van der Waals surface area contributed by atoms with Gasteiger partial charge in [0.05, 0.1) is 23.9 Å². The first-order valence-corrected chi connectivity index (χ1v) is 10.5. The number of hydrogen-bond acceptors (Lipinski definition) is 6. The van der Waals surface area contributed by atoms with Crippen molar-refractivity contribution in [2.75, 3.05) is 6.61 Å². The molecule has 0 aliphatic rings. The van der Waals surface area contributed by atoms with Crippen molar-refractivity contribution in [2.24, 2.45) is 0 Å². The highest BCUT2D eigenvalue weighted by molar-refractivity contribution is 5.89. The topological polar surface area (TPSA) is 123 Å². The maximum absolute atomic E-state index is 12.9. The number of benzene rings is 1. The number of carbonyl (C=O) groups is 3. The first-order valence-electron chi connectivity index (χ1n) is 10.5. The Balaban J connectivity index is 2.89. The molecule has 0 spiro atoms. The van der Waals surface area contributed by atoms with Crippen molar-refractivity contribution in [3.05, 3.63) is 35.9 Å². The van der Waals surface area contributed by atoms with Gasteiger partial charge < -0.3 is 30.0 Å². The van der Waals surface area contributed by atoms with Gasteiger partial charge in [0.15, 0.2) is 6.04 Å². The number of amides is 2. The maximum Gasteiger partial charge on any atom is 0.408 e. The van der Waals surface area contributed by atoms with Gasteiger partial charge in [-0.1, -0.05) is 30.3 Å². The molecule has 0 aromatic heterocycles. The summed E-state index contributed by atoms with van der Waals surface area (Å²) in [4.78, 5) is 36.9. The molecule has 0 saturated carbocycles. The number of carbonyl (C=O) groups excluding carboxylic acids is 2. The summed E-state index contributed by atoms with van der Waals surface area (Å²) >= 11 is 0. The summed E-state index contributed by atoms with van der Waals surface area (Å²) in [6.07, 6.45) is -1.59. The summed E-state index contributed by atoms with van der Waals surface area (Å²) in [5.74, 6) is -1.97. The van der Waals surface area contributed by atoms with Gasteiger partial charge in [-0.3, -0.25) is 4.79 Å². The van der Waals surface area contributed by atoms with Gasteiger partial charge in [0.1, 0.15) is 12.6 Å². The van der Waals surface area contributed by atoms with E-state index in [1.165, 1.54) is 0 Å². The van der Waals surface area contributed by atoms with Crippen LogP contribution in [0.4, 0.5) is 4.79 Å². The molecular weight excluding hydrogens is 416 g/mol. The molecule has 0 fully saturated rings. The third-order valence-corrected chi connectivity index (χ3v) is 4.08. The number of carboxylic acids is 1. The Morgan fingerprint density at radius 3 is 2.06 bits per heavy atom. The monoisotopic (exact) mass is 452 g/mol. The minimum absolute atomic E-state index is 0.0205. The van der Waals surface area contributed by atoms with Crippen LogP contribution in [0.5, 0.6) is 0 Å². The molecule has 0 aliphatic heterocycles. The lowest BCUT2D eigenvalue weighted by Gasteiger charge is -2.31. The molecule has 3 atom stereocenters. The highest BCUT2D eigenvalue weighted by Crippen LogP contribution is 2.14. The second-order valence-electron chi connectivity index (χ2n) is 9.44. The summed E-state index contributed by atoms with van der Waals surface area (Å²) < 4.78 is 16.5. The van der Waals surface area contributed by atoms with Crippen molar-refractivity contribution in [3.8, 4) is 0 Å². The Labute approximate surface area is 189 Å². The molecular formula is C23H36N2O7. The molecule has 0 heterocycles. The van der Waals surface area contributed by atoms with E-state index < -0.39 is 47.4 Å². The molecule has 9 heteroatoms. The van der Waals surface area contributed by atoms with Crippen LogP contribution in [0.3, 0.4) is 0 Å². The molecule has 9 nitrogen and oxygen atoms in total. The maximum atomic E-state index is 12.9. The van der Waals surface area contributed by atoms with Gasteiger partial charge in [-0.05, 0) is 54.0 Å². The largest absolute Gasteiger partial charge is 0.480 e. The zero-order chi connectivity index (χ0) is 24.5. The Morgan fingerprint density at radius 2 is 1.56 bits per heavy atom. The molecule has 0 bridgehead atoms. The molecule has 32 heavy (non-hydrogen) atoms. The second-order valence-corrected chi connectivity index (χ2v) is 9.44. The molecule has 2 amide bonds. The minimum Gasteiger partial charge on any atom is -0.480 e. The smallest absolute Gasteiger partial charge is 0.408 e. The van der Waals surface area contributed by atoms with Crippen LogP contribution < -0.4 is 10.6 Å². The molecule has 1 aromatic carbocycles. The minimum atomic E-state index is -1.30. The van der Waals surface area contributed by atoms with E-state index in [4.69, 9.17) is 14.2 Å². The molecule has 1 rings (SSSR count). The summed E-state index contributed by atoms with van der Waals surface area (Å²) in [5.41, 5.74) is -0.400. The highest BCUT2D eigenvalue weighted by atomic mass is 16.6. The number of alkyl carbamates (subject to hydrolysis) is 1. The Hall–Kier alpha value is -2.65. The van der Waals surface area contributed by atoms with Gasteiger partial charge >= 0.3 is 12.1 Å². The van der Waals surface area contributed by atoms with E-state index >= 15 is 0 Å². The molecule has 0 saturated heterocycles. The lowest BCUT2D eigenvalue weighted by Crippen LogP contribution is -2.58. The molecule has 180 valence electrons. The third-order valence-electron chi connectivity index (χ3n) is 4.08. The average Bonchev–Trinajstić information content (AvgIpc) is 2.66. The lowest BCUT2D eigenvalue weighted by molar-refractivity contribution is -0.147. The molecule has 3 N–H and O–H groups in total.